The van der Waals surface area contributed by atoms with Crippen LogP contribution in [0, 0.1) is 0 Å². The van der Waals surface area contributed by atoms with Crippen molar-refractivity contribution < 1.29 is 19.8 Å². The summed E-state index contributed by atoms with van der Waals surface area (Å²) in [6, 6.07) is 6.20. The van der Waals surface area contributed by atoms with Crippen LogP contribution in [-0.4, -0.2) is 45.7 Å². The summed E-state index contributed by atoms with van der Waals surface area (Å²) in [5, 5.41) is 17.4. The third-order valence-corrected chi connectivity index (χ3v) is 5.02. The standard InChI is InChI=1S/C14H20N2O4S2/c15-11(13(17)18)7-21-5-9-2-1-3-10(4-9)6-22-8-12(16)14(19)20/h1-4,11-12H,5-8,15-16H2,(H,17,18)(H,19,20). The van der Waals surface area contributed by atoms with E-state index in [2.05, 4.69) is 0 Å². The summed E-state index contributed by atoms with van der Waals surface area (Å²) in [7, 11) is 0. The lowest BCUT2D eigenvalue weighted by Gasteiger charge is -2.08. The fourth-order valence-corrected chi connectivity index (χ4v) is 3.42. The number of nitrogens with two attached hydrogens (primary N) is 2. The van der Waals surface area contributed by atoms with E-state index in [1.807, 2.05) is 24.3 Å². The fourth-order valence-electron chi connectivity index (χ4n) is 1.56. The summed E-state index contributed by atoms with van der Waals surface area (Å²) in [6.45, 7) is 0. The third-order valence-electron chi connectivity index (χ3n) is 2.76. The molecule has 8 heteroatoms. The summed E-state index contributed by atoms with van der Waals surface area (Å²) in [5.74, 6) is 0.117. The minimum Gasteiger partial charge on any atom is -0.480 e. The van der Waals surface area contributed by atoms with Gasteiger partial charge in [0.15, 0.2) is 0 Å². The Labute approximate surface area is 137 Å². The predicted molar refractivity (Wildman–Crippen MR) is 90.0 cm³/mol. The maximum absolute atomic E-state index is 10.6. The number of aliphatic carboxylic acids is 2. The van der Waals surface area contributed by atoms with Crippen molar-refractivity contribution in [2.24, 2.45) is 11.5 Å². The highest BCUT2D eigenvalue weighted by Gasteiger charge is 2.12. The van der Waals surface area contributed by atoms with Crippen LogP contribution in [-0.2, 0) is 21.1 Å². The van der Waals surface area contributed by atoms with Crippen LogP contribution in [0.5, 0.6) is 0 Å². The molecule has 1 rings (SSSR count). The molecule has 0 aliphatic rings. The first kappa shape index (κ1) is 18.8. The Kier molecular flexibility index (Phi) is 8.32. The van der Waals surface area contributed by atoms with Crippen LogP contribution < -0.4 is 11.5 Å². The van der Waals surface area contributed by atoms with E-state index >= 15 is 0 Å². The predicted octanol–water partition coefficient (Wildman–Crippen LogP) is 0.977. The molecule has 0 fully saturated rings. The smallest absolute Gasteiger partial charge is 0.321 e. The molecule has 122 valence electrons. The van der Waals surface area contributed by atoms with E-state index in [0.29, 0.717) is 23.0 Å². The van der Waals surface area contributed by atoms with Crippen molar-refractivity contribution in [2.75, 3.05) is 11.5 Å². The highest BCUT2D eigenvalue weighted by atomic mass is 32.2. The lowest BCUT2D eigenvalue weighted by molar-refractivity contribution is -0.138. The first-order valence-corrected chi connectivity index (χ1v) is 8.91. The zero-order chi connectivity index (χ0) is 16.5. The van der Waals surface area contributed by atoms with Gasteiger partial charge in [-0.15, -0.1) is 0 Å². The van der Waals surface area contributed by atoms with Crippen LogP contribution in [0.15, 0.2) is 24.3 Å². The van der Waals surface area contributed by atoms with Gasteiger partial charge in [-0.3, -0.25) is 9.59 Å². The molecule has 6 N–H and O–H groups in total. The van der Waals surface area contributed by atoms with Gasteiger partial charge in [-0.25, -0.2) is 0 Å². The van der Waals surface area contributed by atoms with Crippen molar-refractivity contribution in [2.45, 2.75) is 23.6 Å². The molecule has 0 aliphatic heterocycles. The third kappa shape index (κ3) is 7.17. The van der Waals surface area contributed by atoms with E-state index < -0.39 is 24.0 Å². The van der Waals surface area contributed by atoms with Gasteiger partial charge in [-0.2, -0.15) is 23.5 Å². The Morgan fingerprint density at radius 3 is 1.73 bits per heavy atom. The van der Waals surface area contributed by atoms with E-state index in [-0.39, 0.29) is 0 Å². The molecule has 0 heterocycles. The molecule has 6 nitrogen and oxygen atoms in total. The van der Waals surface area contributed by atoms with E-state index in [1.165, 1.54) is 23.5 Å². The number of benzene rings is 1. The zero-order valence-electron chi connectivity index (χ0n) is 12.0. The second kappa shape index (κ2) is 9.73. The number of hydrogen-bond acceptors (Lipinski definition) is 6. The number of carboxylic acids is 2. The van der Waals surface area contributed by atoms with Gasteiger partial charge in [0.2, 0.25) is 0 Å². The number of rotatable bonds is 10. The summed E-state index contributed by atoms with van der Waals surface area (Å²) in [5.41, 5.74) is 13.1. The molecule has 0 amide bonds. The largest absolute Gasteiger partial charge is 0.480 e. The molecule has 0 bridgehead atoms. The topological polar surface area (TPSA) is 127 Å². The highest BCUT2D eigenvalue weighted by molar-refractivity contribution is 7.98. The molecule has 0 spiro atoms. The van der Waals surface area contributed by atoms with Crippen molar-refractivity contribution in [1.82, 2.24) is 0 Å². The number of carbonyl (C=O) groups is 2. The molecule has 1 aromatic carbocycles. The van der Waals surface area contributed by atoms with Crippen molar-refractivity contribution in [3.8, 4) is 0 Å². The average molecular weight is 344 g/mol. The van der Waals surface area contributed by atoms with Gasteiger partial charge in [0, 0.05) is 23.0 Å². The molecule has 22 heavy (non-hydrogen) atoms. The molecule has 1 aromatic rings. The highest BCUT2D eigenvalue weighted by Crippen LogP contribution is 2.18. The Balaban J connectivity index is 2.39. The fraction of sp³-hybridized carbons (Fsp3) is 0.429. The molecule has 0 aromatic heterocycles. The molecule has 2 atom stereocenters. The van der Waals surface area contributed by atoms with Gasteiger partial charge in [0.25, 0.3) is 0 Å². The van der Waals surface area contributed by atoms with Crippen LogP contribution >= 0.6 is 23.5 Å². The van der Waals surface area contributed by atoms with Gasteiger partial charge in [0.05, 0.1) is 0 Å². The van der Waals surface area contributed by atoms with Crippen LogP contribution in [0.3, 0.4) is 0 Å². The molecule has 0 saturated heterocycles. The van der Waals surface area contributed by atoms with Crippen LogP contribution in [0.2, 0.25) is 0 Å². The molecule has 2 unspecified atom stereocenters. The Morgan fingerprint density at radius 1 is 0.955 bits per heavy atom. The van der Waals surface area contributed by atoms with Gasteiger partial charge in [-0.1, -0.05) is 24.3 Å². The maximum Gasteiger partial charge on any atom is 0.321 e. The molecular formula is C14H20N2O4S2. The summed E-state index contributed by atoms with van der Waals surface area (Å²) >= 11 is 2.95. The van der Waals surface area contributed by atoms with E-state index in [4.69, 9.17) is 21.7 Å². The van der Waals surface area contributed by atoms with Crippen molar-refractivity contribution >= 4 is 35.5 Å². The Hall–Kier alpha value is -1.22. The average Bonchev–Trinajstić information content (AvgIpc) is 2.47. The molecule has 0 radical (unpaired) electrons. The monoisotopic (exact) mass is 344 g/mol. The second-order valence-corrected chi connectivity index (χ2v) is 6.80. The first-order valence-electron chi connectivity index (χ1n) is 6.60. The Morgan fingerprint density at radius 2 is 1.36 bits per heavy atom. The summed E-state index contributed by atoms with van der Waals surface area (Å²) in [4.78, 5) is 21.2. The van der Waals surface area contributed by atoms with E-state index in [0.717, 1.165) is 11.1 Å². The quantitative estimate of drug-likeness (QED) is 0.495. The number of hydrogen-bond donors (Lipinski definition) is 4. The SMILES string of the molecule is NC(CSCc1cccc(CSCC(N)C(=O)O)c1)C(=O)O. The second-order valence-electron chi connectivity index (χ2n) is 4.74. The van der Waals surface area contributed by atoms with Gasteiger partial charge >= 0.3 is 11.9 Å². The Bertz CT molecular complexity index is 472. The number of thioether (sulfide) groups is 2. The molecular weight excluding hydrogens is 324 g/mol. The normalized spacial score (nSPS) is 13.5. The van der Waals surface area contributed by atoms with Crippen LogP contribution in [0.1, 0.15) is 11.1 Å². The van der Waals surface area contributed by atoms with Gasteiger partial charge < -0.3 is 21.7 Å². The van der Waals surface area contributed by atoms with Crippen molar-refractivity contribution in [3.05, 3.63) is 35.4 Å². The van der Waals surface area contributed by atoms with Crippen molar-refractivity contribution in [3.63, 3.8) is 0 Å². The maximum atomic E-state index is 10.6. The van der Waals surface area contributed by atoms with Crippen LogP contribution in [0.25, 0.3) is 0 Å². The lowest BCUT2D eigenvalue weighted by atomic mass is 10.2. The zero-order valence-corrected chi connectivity index (χ0v) is 13.6. The summed E-state index contributed by atoms with van der Waals surface area (Å²) < 4.78 is 0. The van der Waals surface area contributed by atoms with Crippen LogP contribution in [0.4, 0.5) is 0 Å². The van der Waals surface area contributed by atoms with Crippen molar-refractivity contribution in [1.29, 1.82) is 0 Å². The summed E-state index contributed by atoms with van der Waals surface area (Å²) in [6.07, 6.45) is 0. The van der Waals surface area contributed by atoms with E-state index in [9.17, 15) is 9.59 Å². The molecule has 0 saturated carbocycles. The minimum absolute atomic E-state index is 0.363. The number of carboxylic acid groups (broad SMARTS) is 2. The molecule has 0 aliphatic carbocycles. The van der Waals surface area contributed by atoms with Gasteiger partial charge in [0.1, 0.15) is 12.1 Å². The van der Waals surface area contributed by atoms with Gasteiger partial charge in [-0.05, 0) is 11.1 Å². The lowest BCUT2D eigenvalue weighted by Crippen LogP contribution is -2.32. The first-order chi connectivity index (χ1) is 10.4. The minimum atomic E-state index is -0.993. The van der Waals surface area contributed by atoms with E-state index in [1.54, 1.807) is 0 Å².